The second-order valence-electron chi connectivity index (χ2n) is 4.36. The minimum atomic E-state index is 0.0229. The molecule has 0 aromatic carbocycles. The zero-order valence-corrected chi connectivity index (χ0v) is 9.58. The highest BCUT2D eigenvalue weighted by Gasteiger charge is 2.20. The number of nitrogens with one attached hydrogen (secondary N) is 2. The van der Waals surface area contributed by atoms with Crippen LogP contribution in [0.2, 0.25) is 0 Å². The summed E-state index contributed by atoms with van der Waals surface area (Å²) < 4.78 is 5.35. The summed E-state index contributed by atoms with van der Waals surface area (Å²) in [5.41, 5.74) is 0. The molecule has 0 aliphatic heterocycles. The summed E-state index contributed by atoms with van der Waals surface area (Å²) in [4.78, 5) is 11.4. The first kappa shape index (κ1) is 11.2. The Kier molecular flexibility index (Phi) is 3.62. The molecule has 16 heavy (non-hydrogen) atoms. The van der Waals surface area contributed by atoms with Crippen LogP contribution < -0.4 is 10.6 Å². The van der Waals surface area contributed by atoms with E-state index in [-0.39, 0.29) is 5.91 Å². The molecule has 0 atom stereocenters. The van der Waals surface area contributed by atoms with Gasteiger partial charge in [0.15, 0.2) is 0 Å². The lowest BCUT2D eigenvalue weighted by Gasteiger charge is -2.04. The van der Waals surface area contributed by atoms with Gasteiger partial charge >= 0.3 is 0 Å². The van der Waals surface area contributed by atoms with Crippen molar-refractivity contribution in [2.24, 2.45) is 5.92 Å². The van der Waals surface area contributed by atoms with Gasteiger partial charge in [0.25, 0.3) is 0 Å². The lowest BCUT2D eigenvalue weighted by Crippen LogP contribution is -2.34. The summed E-state index contributed by atoms with van der Waals surface area (Å²) in [6.45, 7) is 3.73. The molecule has 2 N–H and O–H groups in total. The first-order valence-corrected chi connectivity index (χ1v) is 5.77. The van der Waals surface area contributed by atoms with E-state index in [1.54, 1.807) is 0 Å². The third-order valence-electron chi connectivity index (χ3n) is 2.67. The van der Waals surface area contributed by atoms with Crippen molar-refractivity contribution >= 4 is 5.91 Å². The molecular formula is C12H18N2O2. The standard InChI is InChI=1S/C12H18N2O2/c1-9-2-5-11(16-9)7-14-12(15)8-13-6-10-3-4-10/h2,5,10,13H,3-4,6-8H2,1H3,(H,14,15). The van der Waals surface area contributed by atoms with E-state index in [1.807, 2.05) is 19.1 Å². The summed E-state index contributed by atoms with van der Waals surface area (Å²) in [7, 11) is 0. The fourth-order valence-corrected chi connectivity index (χ4v) is 1.54. The van der Waals surface area contributed by atoms with Gasteiger partial charge < -0.3 is 15.1 Å². The number of carbonyl (C=O) groups excluding carboxylic acids is 1. The van der Waals surface area contributed by atoms with Crippen LogP contribution in [0.1, 0.15) is 24.4 Å². The maximum Gasteiger partial charge on any atom is 0.234 e. The Bertz CT molecular complexity index is 356. The lowest BCUT2D eigenvalue weighted by molar-refractivity contribution is -0.120. The van der Waals surface area contributed by atoms with Crippen molar-refractivity contribution in [3.05, 3.63) is 23.7 Å². The average Bonchev–Trinajstić information content (AvgIpc) is 2.98. The Morgan fingerprint density at radius 2 is 2.31 bits per heavy atom. The molecule has 1 amide bonds. The molecule has 1 heterocycles. The van der Waals surface area contributed by atoms with Crippen LogP contribution in [-0.2, 0) is 11.3 Å². The van der Waals surface area contributed by atoms with Gasteiger partial charge in [-0.25, -0.2) is 0 Å². The molecular weight excluding hydrogens is 204 g/mol. The van der Waals surface area contributed by atoms with E-state index in [2.05, 4.69) is 10.6 Å². The number of amides is 1. The summed E-state index contributed by atoms with van der Waals surface area (Å²) >= 11 is 0. The van der Waals surface area contributed by atoms with Gasteiger partial charge in [-0.05, 0) is 44.4 Å². The monoisotopic (exact) mass is 222 g/mol. The molecule has 0 unspecified atom stereocenters. The largest absolute Gasteiger partial charge is 0.465 e. The van der Waals surface area contributed by atoms with Gasteiger partial charge in [-0.1, -0.05) is 0 Å². The number of furan rings is 1. The highest BCUT2D eigenvalue weighted by molar-refractivity contribution is 5.77. The van der Waals surface area contributed by atoms with Crippen LogP contribution in [0, 0.1) is 12.8 Å². The number of rotatable bonds is 6. The molecule has 0 radical (unpaired) electrons. The van der Waals surface area contributed by atoms with E-state index < -0.39 is 0 Å². The van der Waals surface area contributed by atoms with Gasteiger partial charge in [-0.15, -0.1) is 0 Å². The van der Waals surface area contributed by atoms with Crippen molar-refractivity contribution in [3.8, 4) is 0 Å². The lowest BCUT2D eigenvalue weighted by atomic mass is 10.4. The van der Waals surface area contributed by atoms with E-state index in [1.165, 1.54) is 12.8 Å². The van der Waals surface area contributed by atoms with Gasteiger partial charge in [-0.3, -0.25) is 4.79 Å². The quantitative estimate of drug-likeness (QED) is 0.760. The molecule has 0 bridgehead atoms. The molecule has 88 valence electrons. The maximum absolute atomic E-state index is 11.4. The Balaban J connectivity index is 1.59. The minimum Gasteiger partial charge on any atom is -0.465 e. The van der Waals surface area contributed by atoms with Crippen molar-refractivity contribution < 1.29 is 9.21 Å². The average molecular weight is 222 g/mol. The van der Waals surface area contributed by atoms with Crippen molar-refractivity contribution in [1.29, 1.82) is 0 Å². The van der Waals surface area contributed by atoms with Crippen molar-refractivity contribution in [3.63, 3.8) is 0 Å². The fourth-order valence-electron chi connectivity index (χ4n) is 1.54. The predicted molar refractivity (Wildman–Crippen MR) is 60.9 cm³/mol. The van der Waals surface area contributed by atoms with E-state index in [4.69, 9.17) is 4.42 Å². The van der Waals surface area contributed by atoms with Crippen LogP contribution in [0.4, 0.5) is 0 Å². The normalized spacial score (nSPS) is 15.1. The molecule has 0 spiro atoms. The molecule has 1 aliphatic rings. The van der Waals surface area contributed by atoms with E-state index in [0.29, 0.717) is 13.1 Å². The van der Waals surface area contributed by atoms with Gasteiger partial charge in [0.2, 0.25) is 5.91 Å². The molecule has 0 saturated heterocycles. The first-order valence-electron chi connectivity index (χ1n) is 5.77. The SMILES string of the molecule is Cc1ccc(CNC(=O)CNCC2CC2)o1. The summed E-state index contributed by atoms with van der Waals surface area (Å²) in [5.74, 6) is 2.50. The Morgan fingerprint density at radius 1 is 1.50 bits per heavy atom. The van der Waals surface area contributed by atoms with E-state index >= 15 is 0 Å². The van der Waals surface area contributed by atoms with Crippen molar-refractivity contribution in [2.75, 3.05) is 13.1 Å². The van der Waals surface area contributed by atoms with E-state index in [0.717, 1.165) is 24.0 Å². The van der Waals surface area contributed by atoms with Crippen LogP contribution in [0.5, 0.6) is 0 Å². The zero-order valence-electron chi connectivity index (χ0n) is 9.58. The molecule has 4 nitrogen and oxygen atoms in total. The van der Waals surface area contributed by atoms with Crippen LogP contribution in [0.25, 0.3) is 0 Å². The molecule has 1 aromatic rings. The Labute approximate surface area is 95.4 Å². The molecule has 1 aromatic heterocycles. The zero-order chi connectivity index (χ0) is 11.4. The Morgan fingerprint density at radius 3 is 2.94 bits per heavy atom. The van der Waals surface area contributed by atoms with Crippen molar-refractivity contribution in [1.82, 2.24) is 10.6 Å². The third kappa shape index (κ3) is 3.70. The highest BCUT2D eigenvalue weighted by Crippen LogP contribution is 2.27. The predicted octanol–water partition coefficient (Wildman–Crippen LogP) is 1.20. The maximum atomic E-state index is 11.4. The van der Waals surface area contributed by atoms with Crippen LogP contribution in [0.3, 0.4) is 0 Å². The molecule has 4 heteroatoms. The number of hydrogen-bond acceptors (Lipinski definition) is 3. The Hall–Kier alpha value is -1.29. The minimum absolute atomic E-state index is 0.0229. The van der Waals surface area contributed by atoms with Gasteiger partial charge in [0, 0.05) is 0 Å². The van der Waals surface area contributed by atoms with Crippen molar-refractivity contribution in [2.45, 2.75) is 26.3 Å². The third-order valence-corrected chi connectivity index (χ3v) is 2.67. The fraction of sp³-hybridized carbons (Fsp3) is 0.583. The van der Waals surface area contributed by atoms with Gasteiger partial charge in [-0.2, -0.15) is 0 Å². The van der Waals surface area contributed by atoms with Gasteiger partial charge in [0.1, 0.15) is 11.5 Å². The van der Waals surface area contributed by atoms with E-state index in [9.17, 15) is 4.79 Å². The van der Waals surface area contributed by atoms with Crippen LogP contribution >= 0.6 is 0 Å². The summed E-state index contributed by atoms with van der Waals surface area (Å²) in [5, 5.41) is 5.96. The molecule has 1 fully saturated rings. The second-order valence-corrected chi connectivity index (χ2v) is 4.36. The van der Waals surface area contributed by atoms with Crippen LogP contribution in [-0.4, -0.2) is 19.0 Å². The number of aryl methyl sites for hydroxylation is 1. The highest BCUT2D eigenvalue weighted by atomic mass is 16.3. The second kappa shape index (κ2) is 5.16. The smallest absolute Gasteiger partial charge is 0.234 e. The van der Waals surface area contributed by atoms with Gasteiger partial charge in [0.05, 0.1) is 13.1 Å². The number of hydrogen-bond donors (Lipinski definition) is 2. The first-order chi connectivity index (χ1) is 7.74. The molecule has 1 saturated carbocycles. The number of carbonyl (C=O) groups is 1. The summed E-state index contributed by atoms with van der Waals surface area (Å²) in [6.07, 6.45) is 2.61. The topological polar surface area (TPSA) is 54.3 Å². The summed E-state index contributed by atoms with van der Waals surface area (Å²) in [6, 6.07) is 3.78. The molecule has 2 rings (SSSR count). The molecule has 1 aliphatic carbocycles. The van der Waals surface area contributed by atoms with Crippen LogP contribution in [0.15, 0.2) is 16.5 Å².